The minimum absolute atomic E-state index is 0.0706. The summed E-state index contributed by atoms with van der Waals surface area (Å²) in [6.45, 7) is 0.550. The molecule has 0 atom stereocenters. The highest BCUT2D eigenvalue weighted by molar-refractivity contribution is 6.33. The van der Waals surface area contributed by atoms with Crippen molar-refractivity contribution in [2.24, 2.45) is 0 Å². The first-order valence-electron chi connectivity index (χ1n) is 7.13. The number of halogens is 1. The lowest BCUT2D eigenvalue weighted by molar-refractivity contribution is 0.0785. The molecule has 22 heavy (non-hydrogen) atoms. The zero-order valence-corrected chi connectivity index (χ0v) is 13.0. The second-order valence-electron chi connectivity index (χ2n) is 5.32. The monoisotopic (exact) mass is 309 g/mol. The zero-order chi connectivity index (χ0) is 15.5. The van der Waals surface area contributed by atoms with E-state index >= 15 is 0 Å². The lowest BCUT2D eigenvalue weighted by Gasteiger charge is -2.18. The topological polar surface area (TPSA) is 20.3 Å². The van der Waals surface area contributed by atoms with Gasteiger partial charge >= 0.3 is 0 Å². The van der Waals surface area contributed by atoms with Crippen LogP contribution in [0.4, 0.5) is 0 Å². The predicted octanol–water partition coefficient (Wildman–Crippen LogP) is 4.77. The van der Waals surface area contributed by atoms with Crippen LogP contribution >= 0.6 is 11.6 Å². The Balaban J connectivity index is 1.82. The Labute approximate surface area is 134 Å². The summed E-state index contributed by atoms with van der Waals surface area (Å²) < 4.78 is 0. The highest BCUT2D eigenvalue weighted by Crippen LogP contribution is 2.19. The van der Waals surface area contributed by atoms with Crippen molar-refractivity contribution in [2.45, 2.75) is 6.54 Å². The summed E-state index contributed by atoms with van der Waals surface area (Å²) in [4.78, 5) is 14.2. The molecule has 0 bridgehead atoms. The Morgan fingerprint density at radius 1 is 0.955 bits per heavy atom. The molecule has 0 N–H and O–H groups in total. The molecule has 0 aromatic heterocycles. The molecule has 0 heterocycles. The lowest BCUT2D eigenvalue weighted by Crippen LogP contribution is -2.26. The van der Waals surface area contributed by atoms with Gasteiger partial charge in [-0.3, -0.25) is 4.79 Å². The number of nitrogens with zero attached hydrogens (tertiary/aromatic N) is 1. The summed E-state index contributed by atoms with van der Waals surface area (Å²) >= 11 is 6.10. The van der Waals surface area contributed by atoms with Crippen LogP contribution < -0.4 is 0 Å². The molecule has 3 aromatic carbocycles. The Morgan fingerprint density at radius 3 is 2.41 bits per heavy atom. The van der Waals surface area contributed by atoms with E-state index in [-0.39, 0.29) is 5.91 Å². The molecule has 3 rings (SSSR count). The molecule has 0 unspecified atom stereocenters. The highest BCUT2D eigenvalue weighted by Gasteiger charge is 2.14. The molecule has 0 aliphatic heterocycles. The van der Waals surface area contributed by atoms with E-state index in [1.165, 1.54) is 10.8 Å². The maximum Gasteiger partial charge on any atom is 0.255 e. The van der Waals surface area contributed by atoms with Gasteiger partial charge in [0, 0.05) is 13.6 Å². The van der Waals surface area contributed by atoms with Crippen LogP contribution in [0.1, 0.15) is 15.9 Å². The maximum absolute atomic E-state index is 12.5. The van der Waals surface area contributed by atoms with Crippen LogP contribution in [0.15, 0.2) is 66.7 Å². The number of carbonyl (C=O) groups is 1. The first-order chi connectivity index (χ1) is 10.6. The van der Waals surface area contributed by atoms with E-state index in [4.69, 9.17) is 11.6 Å². The van der Waals surface area contributed by atoms with Gasteiger partial charge < -0.3 is 4.90 Å². The Morgan fingerprint density at radius 2 is 1.64 bits per heavy atom. The first kappa shape index (κ1) is 14.6. The molecule has 2 nitrogen and oxygen atoms in total. The fourth-order valence-electron chi connectivity index (χ4n) is 2.52. The summed E-state index contributed by atoms with van der Waals surface area (Å²) in [6, 6.07) is 21.6. The average Bonchev–Trinajstić information content (AvgIpc) is 2.54. The summed E-state index contributed by atoms with van der Waals surface area (Å²) in [5.41, 5.74) is 1.63. The Kier molecular flexibility index (Phi) is 4.12. The standard InChI is InChI=1S/C19H16ClNO/c1-21(19(22)17-8-4-5-9-18(17)20)13-14-10-11-15-6-2-3-7-16(15)12-14/h2-12H,13H2,1H3. The molecular formula is C19H16ClNO. The van der Waals surface area contributed by atoms with Gasteiger partial charge in [-0.15, -0.1) is 0 Å². The maximum atomic E-state index is 12.5. The van der Waals surface area contributed by atoms with Crippen molar-refractivity contribution < 1.29 is 4.79 Å². The molecule has 0 aliphatic carbocycles. The van der Waals surface area contributed by atoms with Gasteiger partial charge in [-0.1, -0.05) is 60.1 Å². The van der Waals surface area contributed by atoms with Gasteiger partial charge in [-0.25, -0.2) is 0 Å². The van der Waals surface area contributed by atoms with Crippen LogP contribution in [0, 0.1) is 0 Å². The van der Waals surface area contributed by atoms with E-state index in [0.717, 1.165) is 5.56 Å². The number of rotatable bonds is 3. The number of amides is 1. The Hall–Kier alpha value is -2.32. The summed E-state index contributed by atoms with van der Waals surface area (Å²) in [6.07, 6.45) is 0. The van der Waals surface area contributed by atoms with Crippen molar-refractivity contribution in [1.29, 1.82) is 0 Å². The SMILES string of the molecule is CN(Cc1ccc2ccccc2c1)C(=O)c1ccccc1Cl. The minimum atomic E-state index is -0.0706. The van der Waals surface area contributed by atoms with Crippen molar-refractivity contribution in [2.75, 3.05) is 7.05 Å². The molecular weight excluding hydrogens is 294 g/mol. The third-order valence-electron chi connectivity index (χ3n) is 3.68. The Bertz CT molecular complexity index is 828. The molecule has 0 spiro atoms. The zero-order valence-electron chi connectivity index (χ0n) is 12.3. The number of carbonyl (C=O) groups excluding carboxylic acids is 1. The number of hydrogen-bond donors (Lipinski definition) is 0. The van der Waals surface area contributed by atoms with Gasteiger partial charge in [-0.2, -0.15) is 0 Å². The summed E-state index contributed by atoms with van der Waals surface area (Å²) in [5.74, 6) is -0.0706. The molecule has 3 aromatic rings. The van der Waals surface area contributed by atoms with Gasteiger partial charge in [0.2, 0.25) is 0 Å². The smallest absolute Gasteiger partial charge is 0.255 e. The van der Waals surface area contributed by atoms with Crippen LogP contribution in [-0.4, -0.2) is 17.9 Å². The van der Waals surface area contributed by atoms with Crippen LogP contribution in [0.5, 0.6) is 0 Å². The van der Waals surface area contributed by atoms with Crippen molar-refractivity contribution >= 4 is 28.3 Å². The minimum Gasteiger partial charge on any atom is -0.337 e. The fraction of sp³-hybridized carbons (Fsp3) is 0.105. The second-order valence-corrected chi connectivity index (χ2v) is 5.73. The average molecular weight is 310 g/mol. The van der Waals surface area contributed by atoms with E-state index in [2.05, 4.69) is 30.3 Å². The van der Waals surface area contributed by atoms with Crippen LogP contribution in [0.2, 0.25) is 5.02 Å². The third-order valence-corrected chi connectivity index (χ3v) is 4.01. The molecule has 0 saturated heterocycles. The second kappa shape index (κ2) is 6.20. The van der Waals surface area contributed by atoms with E-state index in [1.807, 2.05) is 24.3 Å². The summed E-state index contributed by atoms with van der Waals surface area (Å²) in [7, 11) is 1.79. The van der Waals surface area contributed by atoms with Crippen molar-refractivity contribution in [3.05, 3.63) is 82.9 Å². The van der Waals surface area contributed by atoms with Gasteiger partial charge in [0.1, 0.15) is 0 Å². The normalized spacial score (nSPS) is 10.6. The first-order valence-corrected chi connectivity index (χ1v) is 7.50. The summed E-state index contributed by atoms with van der Waals surface area (Å²) in [5, 5.41) is 2.86. The van der Waals surface area contributed by atoms with Gasteiger partial charge in [-0.05, 0) is 34.5 Å². The number of fused-ring (bicyclic) bond motifs is 1. The molecule has 3 heteroatoms. The molecule has 0 aliphatic rings. The predicted molar refractivity (Wildman–Crippen MR) is 91.2 cm³/mol. The molecule has 0 saturated carbocycles. The van der Waals surface area contributed by atoms with Gasteiger partial charge in [0.15, 0.2) is 0 Å². The van der Waals surface area contributed by atoms with E-state index in [1.54, 1.807) is 24.1 Å². The molecule has 1 amide bonds. The van der Waals surface area contributed by atoms with Gasteiger partial charge in [0.25, 0.3) is 5.91 Å². The fourth-order valence-corrected chi connectivity index (χ4v) is 2.74. The van der Waals surface area contributed by atoms with Crippen molar-refractivity contribution in [3.8, 4) is 0 Å². The van der Waals surface area contributed by atoms with E-state index in [0.29, 0.717) is 17.1 Å². The number of benzene rings is 3. The van der Waals surface area contributed by atoms with Crippen LogP contribution in [0.3, 0.4) is 0 Å². The van der Waals surface area contributed by atoms with Gasteiger partial charge in [0.05, 0.1) is 10.6 Å². The third kappa shape index (κ3) is 2.97. The van der Waals surface area contributed by atoms with Crippen molar-refractivity contribution in [1.82, 2.24) is 4.90 Å². The van der Waals surface area contributed by atoms with E-state index < -0.39 is 0 Å². The molecule has 0 fully saturated rings. The van der Waals surface area contributed by atoms with E-state index in [9.17, 15) is 4.79 Å². The van der Waals surface area contributed by atoms with Crippen LogP contribution in [-0.2, 0) is 6.54 Å². The molecule has 110 valence electrons. The quantitative estimate of drug-likeness (QED) is 0.682. The van der Waals surface area contributed by atoms with Crippen molar-refractivity contribution in [3.63, 3.8) is 0 Å². The van der Waals surface area contributed by atoms with Crippen LogP contribution in [0.25, 0.3) is 10.8 Å². The lowest BCUT2D eigenvalue weighted by atomic mass is 10.1. The molecule has 0 radical (unpaired) electrons. The largest absolute Gasteiger partial charge is 0.337 e. The number of hydrogen-bond acceptors (Lipinski definition) is 1. The highest BCUT2D eigenvalue weighted by atomic mass is 35.5.